The fourth-order valence-corrected chi connectivity index (χ4v) is 2.66. The van der Waals surface area contributed by atoms with Gasteiger partial charge in [-0.2, -0.15) is 5.26 Å². The molecule has 0 spiro atoms. The maximum Gasteiger partial charge on any atom is 0.0999 e. The third kappa shape index (κ3) is 1.38. The highest BCUT2D eigenvalue weighted by Gasteiger charge is 2.08. The molecule has 0 aliphatic carbocycles. The molecule has 14 heavy (non-hydrogen) atoms. The predicted octanol–water partition coefficient (Wildman–Crippen LogP) is 2.92. The van der Waals surface area contributed by atoms with Crippen LogP contribution in [0.3, 0.4) is 0 Å². The molecule has 2 aromatic rings. The lowest BCUT2D eigenvalue weighted by Gasteiger charge is -1.99. The summed E-state index contributed by atoms with van der Waals surface area (Å²) in [6.45, 7) is -0.0554. The van der Waals surface area contributed by atoms with Gasteiger partial charge in [-0.05, 0) is 17.7 Å². The van der Waals surface area contributed by atoms with E-state index in [4.69, 9.17) is 22.0 Å². The first-order valence-electron chi connectivity index (χ1n) is 3.97. The van der Waals surface area contributed by atoms with E-state index in [0.717, 1.165) is 15.6 Å². The van der Waals surface area contributed by atoms with Gasteiger partial charge >= 0.3 is 0 Å². The largest absolute Gasteiger partial charge is 0.392 e. The molecule has 0 fully saturated rings. The number of fused-ring (bicyclic) bond motifs is 1. The Labute approximate surface area is 90.0 Å². The summed E-state index contributed by atoms with van der Waals surface area (Å²) in [6, 6.07) is 5.60. The highest BCUT2D eigenvalue weighted by Crippen LogP contribution is 2.33. The van der Waals surface area contributed by atoms with Crippen LogP contribution in [0, 0.1) is 11.3 Å². The number of hydrogen-bond acceptors (Lipinski definition) is 3. The van der Waals surface area contributed by atoms with Crippen LogP contribution in [-0.2, 0) is 6.61 Å². The van der Waals surface area contributed by atoms with Gasteiger partial charge in [0.1, 0.15) is 0 Å². The molecule has 1 aromatic carbocycles. The molecule has 1 aromatic heterocycles. The SMILES string of the molecule is N#Cc1cc(CO)cc2scc(Cl)c12. The normalized spacial score (nSPS) is 10.4. The van der Waals surface area contributed by atoms with E-state index in [-0.39, 0.29) is 6.61 Å². The first kappa shape index (κ1) is 9.47. The lowest BCUT2D eigenvalue weighted by Crippen LogP contribution is -1.85. The lowest BCUT2D eigenvalue weighted by molar-refractivity contribution is 0.282. The minimum Gasteiger partial charge on any atom is -0.392 e. The van der Waals surface area contributed by atoms with Crippen molar-refractivity contribution in [1.29, 1.82) is 5.26 Å². The van der Waals surface area contributed by atoms with Gasteiger partial charge in [0.2, 0.25) is 0 Å². The van der Waals surface area contributed by atoms with Gasteiger partial charge < -0.3 is 5.11 Å². The minimum atomic E-state index is -0.0554. The molecule has 2 nitrogen and oxygen atoms in total. The second-order valence-corrected chi connectivity index (χ2v) is 4.19. The molecule has 1 N–H and O–H groups in total. The Kier molecular flexibility index (Phi) is 2.42. The summed E-state index contributed by atoms with van der Waals surface area (Å²) in [4.78, 5) is 0. The standard InChI is InChI=1S/C10H6ClNOS/c11-8-5-14-9-2-6(4-13)1-7(3-12)10(8)9/h1-2,5,13H,4H2. The van der Waals surface area contributed by atoms with Crippen molar-refractivity contribution in [3.8, 4) is 6.07 Å². The summed E-state index contributed by atoms with van der Waals surface area (Å²) >= 11 is 7.43. The summed E-state index contributed by atoms with van der Waals surface area (Å²) in [5, 5.41) is 21.1. The lowest BCUT2D eigenvalue weighted by atomic mass is 10.1. The van der Waals surface area contributed by atoms with Crippen LogP contribution in [0.5, 0.6) is 0 Å². The van der Waals surface area contributed by atoms with Gasteiger partial charge in [0.15, 0.2) is 0 Å². The van der Waals surface area contributed by atoms with Crippen molar-refractivity contribution in [2.45, 2.75) is 6.61 Å². The molecule has 0 aliphatic rings. The van der Waals surface area contributed by atoms with Crippen LogP contribution < -0.4 is 0 Å². The highest BCUT2D eigenvalue weighted by molar-refractivity contribution is 7.17. The molecular weight excluding hydrogens is 218 g/mol. The first-order valence-corrected chi connectivity index (χ1v) is 5.22. The number of benzene rings is 1. The predicted molar refractivity (Wildman–Crippen MR) is 57.5 cm³/mol. The van der Waals surface area contributed by atoms with Crippen LogP contribution in [0.15, 0.2) is 17.5 Å². The summed E-state index contributed by atoms with van der Waals surface area (Å²) < 4.78 is 0.943. The van der Waals surface area contributed by atoms with Crippen molar-refractivity contribution in [2.75, 3.05) is 0 Å². The van der Waals surface area contributed by atoms with E-state index < -0.39 is 0 Å². The first-order chi connectivity index (χ1) is 6.76. The van der Waals surface area contributed by atoms with Gasteiger partial charge in [-0.15, -0.1) is 11.3 Å². The van der Waals surface area contributed by atoms with Crippen molar-refractivity contribution >= 4 is 33.0 Å². The number of rotatable bonds is 1. The van der Waals surface area contributed by atoms with Crippen LogP contribution in [0.2, 0.25) is 5.02 Å². The fraction of sp³-hybridized carbons (Fsp3) is 0.100. The number of aliphatic hydroxyl groups excluding tert-OH is 1. The van der Waals surface area contributed by atoms with Gasteiger partial charge in [0, 0.05) is 15.5 Å². The molecule has 2 rings (SSSR count). The molecule has 0 radical (unpaired) electrons. The molecule has 0 atom stereocenters. The number of thiophene rings is 1. The van der Waals surface area contributed by atoms with Gasteiger partial charge in [-0.3, -0.25) is 0 Å². The number of halogens is 1. The number of hydrogen-bond donors (Lipinski definition) is 1. The van der Waals surface area contributed by atoms with E-state index in [2.05, 4.69) is 6.07 Å². The fourth-order valence-electron chi connectivity index (χ4n) is 1.37. The Morgan fingerprint density at radius 1 is 1.50 bits per heavy atom. The van der Waals surface area contributed by atoms with E-state index >= 15 is 0 Å². The van der Waals surface area contributed by atoms with E-state index in [1.807, 2.05) is 6.07 Å². The Bertz CT molecular complexity index is 527. The van der Waals surface area contributed by atoms with Crippen molar-refractivity contribution in [1.82, 2.24) is 0 Å². The van der Waals surface area contributed by atoms with Crippen LogP contribution in [-0.4, -0.2) is 5.11 Å². The van der Waals surface area contributed by atoms with Crippen LogP contribution in [0.4, 0.5) is 0 Å². The zero-order valence-electron chi connectivity index (χ0n) is 7.12. The van der Waals surface area contributed by atoms with Gasteiger partial charge in [0.05, 0.1) is 23.3 Å². The molecule has 0 saturated carbocycles. The topological polar surface area (TPSA) is 44.0 Å². The van der Waals surface area contributed by atoms with E-state index in [1.54, 1.807) is 11.4 Å². The maximum atomic E-state index is 8.99. The molecule has 70 valence electrons. The molecule has 0 unspecified atom stereocenters. The monoisotopic (exact) mass is 223 g/mol. The summed E-state index contributed by atoms with van der Waals surface area (Å²) in [5.41, 5.74) is 1.27. The van der Waals surface area contributed by atoms with Gasteiger partial charge in [0.25, 0.3) is 0 Å². The van der Waals surface area contributed by atoms with Crippen molar-refractivity contribution in [2.24, 2.45) is 0 Å². The smallest absolute Gasteiger partial charge is 0.0999 e. The molecule has 0 saturated heterocycles. The molecule has 0 bridgehead atoms. The third-order valence-electron chi connectivity index (χ3n) is 1.99. The quantitative estimate of drug-likeness (QED) is 0.808. The summed E-state index contributed by atoms with van der Waals surface area (Å²) in [6.07, 6.45) is 0. The summed E-state index contributed by atoms with van der Waals surface area (Å²) in [5.74, 6) is 0. The zero-order valence-corrected chi connectivity index (χ0v) is 8.69. The molecule has 1 heterocycles. The molecule has 0 amide bonds. The van der Waals surface area contributed by atoms with Gasteiger partial charge in [-0.25, -0.2) is 0 Å². The summed E-state index contributed by atoms with van der Waals surface area (Å²) in [7, 11) is 0. The van der Waals surface area contributed by atoms with Crippen LogP contribution >= 0.6 is 22.9 Å². The Morgan fingerprint density at radius 3 is 2.93 bits per heavy atom. The average Bonchev–Trinajstić information content (AvgIpc) is 2.59. The van der Waals surface area contributed by atoms with E-state index in [1.165, 1.54) is 11.3 Å². The Morgan fingerprint density at radius 2 is 2.29 bits per heavy atom. The van der Waals surface area contributed by atoms with E-state index in [0.29, 0.717) is 10.6 Å². The van der Waals surface area contributed by atoms with Crippen molar-refractivity contribution in [3.05, 3.63) is 33.7 Å². The maximum absolute atomic E-state index is 8.99. The van der Waals surface area contributed by atoms with Crippen LogP contribution in [0.1, 0.15) is 11.1 Å². The minimum absolute atomic E-state index is 0.0554. The second kappa shape index (κ2) is 3.58. The van der Waals surface area contributed by atoms with E-state index in [9.17, 15) is 0 Å². The molecule has 0 aliphatic heterocycles. The molecule has 4 heteroatoms. The highest BCUT2D eigenvalue weighted by atomic mass is 35.5. The number of nitrogens with zero attached hydrogens (tertiary/aromatic N) is 1. The van der Waals surface area contributed by atoms with Crippen molar-refractivity contribution in [3.63, 3.8) is 0 Å². The second-order valence-electron chi connectivity index (χ2n) is 2.87. The Hall–Kier alpha value is -1.08. The average molecular weight is 224 g/mol. The number of aliphatic hydroxyl groups is 1. The number of nitriles is 1. The molecular formula is C10H6ClNOS. The van der Waals surface area contributed by atoms with Crippen LogP contribution in [0.25, 0.3) is 10.1 Å². The Balaban J connectivity index is 2.84. The van der Waals surface area contributed by atoms with Crippen molar-refractivity contribution < 1.29 is 5.11 Å². The third-order valence-corrected chi connectivity index (χ3v) is 3.35. The zero-order chi connectivity index (χ0) is 10.1. The van der Waals surface area contributed by atoms with Gasteiger partial charge in [-0.1, -0.05) is 11.6 Å².